The van der Waals surface area contributed by atoms with Gasteiger partial charge in [-0.05, 0) is 42.4 Å². The van der Waals surface area contributed by atoms with E-state index < -0.39 is 6.16 Å². The van der Waals surface area contributed by atoms with Crippen LogP contribution in [0.1, 0.15) is 30.6 Å². The van der Waals surface area contributed by atoms with Crippen LogP contribution in [-0.2, 0) is 4.74 Å². The van der Waals surface area contributed by atoms with Gasteiger partial charge in [-0.2, -0.15) is 11.8 Å². The molecule has 1 aliphatic heterocycles. The fourth-order valence-electron chi connectivity index (χ4n) is 2.74. The molecule has 1 unspecified atom stereocenters. The molecule has 0 aromatic heterocycles. The smallest absolute Gasteiger partial charge is 0.434 e. The molecule has 1 fully saturated rings. The maximum absolute atomic E-state index is 11.7. The van der Waals surface area contributed by atoms with Crippen molar-refractivity contribution in [2.45, 2.75) is 25.0 Å². The summed E-state index contributed by atoms with van der Waals surface area (Å²) in [6.45, 7) is 2.09. The second-order valence-electron chi connectivity index (χ2n) is 4.99. The lowest BCUT2D eigenvalue weighted by atomic mass is 9.99. The highest BCUT2D eigenvalue weighted by molar-refractivity contribution is 7.99. The Kier molecular flexibility index (Phi) is 4.34. The predicted octanol–water partition coefficient (Wildman–Crippen LogP) is 4.94. The van der Waals surface area contributed by atoms with Gasteiger partial charge in [0.2, 0.25) is 0 Å². The number of thioether (sulfide) groups is 1. The van der Waals surface area contributed by atoms with Gasteiger partial charge in [-0.1, -0.05) is 30.3 Å². The van der Waals surface area contributed by atoms with E-state index in [-0.39, 0.29) is 0 Å². The van der Waals surface area contributed by atoms with Gasteiger partial charge in [0.25, 0.3) is 0 Å². The SMILES string of the molecule is CCOC(=O)Oc1ccc2ccccc2c1C1CCCS1. The normalized spacial score (nSPS) is 17.9. The molecule has 0 radical (unpaired) electrons. The first-order valence-electron chi connectivity index (χ1n) is 7.27. The van der Waals surface area contributed by atoms with E-state index in [1.807, 2.05) is 36.0 Å². The summed E-state index contributed by atoms with van der Waals surface area (Å²) in [5.74, 6) is 1.79. The van der Waals surface area contributed by atoms with Crippen molar-refractivity contribution in [1.29, 1.82) is 0 Å². The molecular weight excluding hydrogens is 284 g/mol. The van der Waals surface area contributed by atoms with Crippen LogP contribution in [0.3, 0.4) is 0 Å². The van der Waals surface area contributed by atoms with Crippen LogP contribution in [0.2, 0.25) is 0 Å². The quantitative estimate of drug-likeness (QED) is 0.594. The molecule has 2 aromatic carbocycles. The van der Waals surface area contributed by atoms with E-state index in [2.05, 4.69) is 12.1 Å². The van der Waals surface area contributed by atoms with Crippen LogP contribution in [0.25, 0.3) is 10.8 Å². The molecule has 1 aliphatic rings. The largest absolute Gasteiger partial charge is 0.513 e. The molecule has 1 atom stereocenters. The van der Waals surface area contributed by atoms with Crippen molar-refractivity contribution in [1.82, 2.24) is 0 Å². The fraction of sp³-hybridized carbons (Fsp3) is 0.353. The summed E-state index contributed by atoms with van der Waals surface area (Å²) in [7, 11) is 0. The summed E-state index contributed by atoms with van der Waals surface area (Å²) in [5.41, 5.74) is 1.13. The van der Waals surface area contributed by atoms with Gasteiger partial charge < -0.3 is 9.47 Å². The van der Waals surface area contributed by atoms with Crippen molar-refractivity contribution in [3.8, 4) is 5.75 Å². The first-order chi connectivity index (χ1) is 10.3. The zero-order chi connectivity index (χ0) is 14.7. The Morgan fingerprint density at radius 2 is 2.14 bits per heavy atom. The van der Waals surface area contributed by atoms with Gasteiger partial charge in [-0.15, -0.1) is 0 Å². The van der Waals surface area contributed by atoms with Gasteiger partial charge >= 0.3 is 6.16 Å². The van der Waals surface area contributed by atoms with E-state index >= 15 is 0 Å². The van der Waals surface area contributed by atoms with E-state index in [4.69, 9.17) is 9.47 Å². The monoisotopic (exact) mass is 302 g/mol. The number of carbonyl (C=O) groups excluding carboxylic acids is 1. The van der Waals surface area contributed by atoms with E-state index in [1.54, 1.807) is 6.92 Å². The number of hydrogen-bond donors (Lipinski definition) is 0. The molecule has 0 saturated carbocycles. The molecule has 21 heavy (non-hydrogen) atoms. The fourth-order valence-corrected chi connectivity index (χ4v) is 4.10. The van der Waals surface area contributed by atoms with Gasteiger partial charge in [0.1, 0.15) is 5.75 Å². The van der Waals surface area contributed by atoms with Gasteiger partial charge in [0.05, 0.1) is 6.61 Å². The molecule has 0 amide bonds. The summed E-state index contributed by atoms with van der Waals surface area (Å²) >= 11 is 1.93. The highest BCUT2D eigenvalue weighted by Crippen LogP contribution is 2.46. The highest BCUT2D eigenvalue weighted by atomic mass is 32.2. The summed E-state index contributed by atoms with van der Waals surface area (Å²) < 4.78 is 10.3. The van der Waals surface area contributed by atoms with Gasteiger partial charge in [0.15, 0.2) is 0 Å². The number of rotatable bonds is 3. The zero-order valence-corrected chi connectivity index (χ0v) is 12.8. The van der Waals surface area contributed by atoms with Crippen LogP contribution in [-0.4, -0.2) is 18.5 Å². The predicted molar refractivity (Wildman–Crippen MR) is 86.0 cm³/mol. The topological polar surface area (TPSA) is 35.5 Å². The first-order valence-corrected chi connectivity index (χ1v) is 8.32. The summed E-state index contributed by atoms with van der Waals surface area (Å²) in [6.07, 6.45) is 1.70. The van der Waals surface area contributed by atoms with Gasteiger partial charge in [-0.25, -0.2) is 4.79 Å². The average molecular weight is 302 g/mol. The number of carbonyl (C=O) groups is 1. The van der Waals surface area contributed by atoms with Crippen molar-refractivity contribution < 1.29 is 14.3 Å². The van der Waals surface area contributed by atoms with Crippen LogP contribution in [0.15, 0.2) is 36.4 Å². The maximum Gasteiger partial charge on any atom is 0.513 e. The summed E-state index contributed by atoms with van der Waals surface area (Å²) in [6, 6.07) is 12.1. The summed E-state index contributed by atoms with van der Waals surface area (Å²) in [5, 5.41) is 2.73. The third kappa shape index (κ3) is 3.00. The second-order valence-corrected chi connectivity index (χ2v) is 6.30. The van der Waals surface area contributed by atoms with Crippen molar-refractivity contribution in [2.24, 2.45) is 0 Å². The minimum atomic E-state index is -0.628. The number of ether oxygens (including phenoxy) is 2. The van der Waals surface area contributed by atoms with E-state index in [9.17, 15) is 4.79 Å². The van der Waals surface area contributed by atoms with Gasteiger partial charge in [0, 0.05) is 10.8 Å². The molecule has 1 heterocycles. The minimum Gasteiger partial charge on any atom is -0.434 e. The zero-order valence-electron chi connectivity index (χ0n) is 12.0. The maximum atomic E-state index is 11.7. The Balaban J connectivity index is 2.05. The molecule has 110 valence electrons. The Bertz CT molecular complexity index is 648. The van der Waals surface area contributed by atoms with Crippen molar-refractivity contribution in [3.05, 3.63) is 42.0 Å². The first kappa shape index (κ1) is 14.3. The lowest BCUT2D eigenvalue weighted by Gasteiger charge is -2.17. The minimum absolute atomic E-state index is 0.319. The standard InChI is InChI=1S/C17H18O3S/c1-2-19-17(18)20-14-10-9-12-6-3-4-7-13(12)16(14)15-8-5-11-21-15/h3-4,6-7,9-10,15H,2,5,8,11H2,1H3. The van der Waals surface area contributed by atoms with E-state index in [1.165, 1.54) is 17.2 Å². The number of hydrogen-bond acceptors (Lipinski definition) is 4. The number of benzene rings is 2. The molecule has 0 aliphatic carbocycles. The van der Waals surface area contributed by atoms with Crippen molar-refractivity contribution in [3.63, 3.8) is 0 Å². The van der Waals surface area contributed by atoms with Crippen LogP contribution in [0.5, 0.6) is 5.75 Å². The van der Waals surface area contributed by atoms with Crippen LogP contribution in [0, 0.1) is 0 Å². The Morgan fingerprint density at radius 1 is 1.29 bits per heavy atom. The molecule has 0 bridgehead atoms. The highest BCUT2D eigenvalue weighted by Gasteiger charge is 2.24. The number of fused-ring (bicyclic) bond motifs is 1. The molecule has 1 saturated heterocycles. The average Bonchev–Trinajstić information content (AvgIpc) is 3.01. The van der Waals surface area contributed by atoms with Gasteiger partial charge in [-0.3, -0.25) is 0 Å². The molecule has 3 rings (SSSR count). The Hall–Kier alpha value is -1.68. The third-order valence-electron chi connectivity index (χ3n) is 3.64. The van der Waals surface area contributed by atoms with Crippen LogP contribution in [0.4, 0.5) is 4.79 Å². The van der Waals surface area contributed by atoms with Crippen LogP contribution >= 0.6 is 11.8 Å². The molecular formula is C17H18O3S. The summed E-state index contributed by atoms with van der Waals surface area (Å²) in [4.78, 5) is 11.7. The van der Waals surface area contributed by atoms with Crippen LogP contribution < -0.4 is 4.74 Å². The lowest BCUT2D eigenvalue weighted by molar-refractivity contribution is 0.104. The molecule has 3 nitrogen and oxygen atoms in total. The van der Waals surface area contributed by atoms with E-state index in [0.29, 0.717) is 17.6 Å². The Labute approximate surface area is 128 Å². The van der Waals surface area contributed by atoms with Crippen molar-refractivity contribution >= 4 is 28.7 Å². The van der Waals surface area contributed by atoms with Crippen molar-refractivity contribution in [2.75, 3.05) is 12.4 Å². The van der Waals surface area contributed by atoms with E-state index in [0.717, 1.165) is 17.7 Å². The molecule has 2 aromatic rings. The lowest BCUT2D eigenvalue weighted by Crippen LogP contribution is -2.12. The molecule has 0 N–H and O–H groups in total. The third-order valence-corrected chi connectivity index (χ3v) is 5.04. The molecule has 4 heteroatoms. The Morgan fingerprint density at radius 3 is 2.90 bits per heavy atom. The second kappa shape index (κ2) is 6.39. The molecule has 0 spiro atoms.